The zero-order valence-electron chi connectivity index (χ0n) is 15.1. The first-order valence-corrected chi connectivity index (χ1v) is 8.75. The molecule has 2 aromatic heterocycles. The van der Waals surface area contributed by atoms with Gasteiger partial charge >= 0.3 is 0 Å². The fourth-order valence-corrected chi connectivity index (χ4v) is 2.96. The zero-order chi connectivity index (χ0) is 18.5. The fraction of sp³-hybridized carbons (Fsp3) is 0.130. The Labute approximate surface area is 153 Å². The molecule has 3 heteroatoms. The second kappa shape index (κ2) is 7.79. The second-order valence-corrected chi connectivity index (χ2v) is 6.01. The molecule has 1 aromatic carbocycles. The van der Waals surface area contributed by atoms with Crippen LogP contribution < -0.4 is 5.56 Å². The topological polar surface area (TPSA) is 45.8 Å². The highest BCUT2D eigenvalue weighted by molar-refractivity contribution is 5.91. The molecule has 1 N–H and O–H groups in total. The van der Waals surface area contributed by atoms with Gasteiger partial charge < -0.3 is 4.98 Å². The molecule has 0 aliphatic heterocycles. The lowest BCUT2D eigenvalue weighted by Gasteiger charge is -2.12. The molecule has 0 fully saturated rings. The summed E-state index contributed by atoms with van der Waals surface area (Å²) in [6.07, 6.45) is 10.3. The van der Waals surface area contributed by atoms with Crippen molar-refractivity contribution in [2.45, 2.75) is 20.3 Å². The number of allylic oxidation sites excluding steroid dienone is 5. The molecule has 3 aromatic rings. The number of aryl methyl sites for hydroxylation is 1. The molecular formula is C23H22N2O. The quantitative estimate of drug-likeness (QED) is 0.640. The van der Waals surface area contributed by atoms with E-state index in [0.717, 1.165) is 28.8 Å². The van der Waals surface area contributed by atoms with Crippen molar-refractivity contribution in [2.24, 2.45) is 0 Å². The van der Waals surface area contributed by atoms with Crippen LogP contribution in [0.5, 0.6) is 0 Å². The second-order valence-electron chi connectivity index (χ2n) is 6.01. The van der Waals surface area contributed by atoms with E-state index in [1.807, 2.05) is 37.3 Å². The van der Waals surface area contributed by atoms with Gasteiger partial charge in [-0.25, -0.2) is 4.98 Å². The summed E-state index contributed by atoms with van der Waals surface area (Å²) >= 11 is 0. The number of aromatic amines is 1. The summed E-state index contributed by atoms with van der Waals surface area (Å²) in [6, 6.07) is 12.2. The normalized spacial score (nSPS) is 12.0. The SMILES string of the molecule is C=C/C=C\C(=C/C)c1cc2c(=O)[nH]ccc2nc1-c1ccc(CC)cc1. The smallest absolute Gasteiger partial charge is 0.257 e. The summed E-state index contributed by atoms with van der Waals surface area (Å²) in [5.41, 5.74) is 5.67. The minimum atomic E-state index is -0.132. The van der Waals surface area contributed by atoms with Gasteiger partial charge in [-0.3, -0.25) is 4.79 Å². The van der Waals surface area contributed by atoms with Crippen LogP contribution in [0.2, 0.25) is 0 Å². The maximum absolute atomic E-state index is 12.2. The summed E-state index contributed by atoms with van der Waals surface area (Å²) in [7, 11) is 0. The van der Waals surface area contributed by atoms with E-state index < -0.39 is 0 Å². The lowest BCUT2D eigenvalue weighted by Crippen LogP contribution is -2.07. The van der Waals surface area contributed by atoms with Crippen LogP contribution in [0.4, 0.5) is 0 Å². The average Bonchev–Trinajstić information content (AvgIpc) is 2.68. The van der Waals surface area contributed by atoms with Crippen molar-refractivity contribution in [2.75, 3.05) is 0 Å². The van der Waals surface area contributed by atoms with Crippen LogP contribution in [0, 0.1) is 0 Å². The summed E-state index contributed by atoms with van der Waals surface area (Å²) in [5.74, 6) is 0. The Bertz CT molecular complexity index is 1050. The van der Waals surface area contributed by atoms with E-state index in [2.05, 4.69) is 42.8 Å². The van der Waals surface area contributed by atoms with E-state index in [-0.39, 0.29) is 5.56 Å². The third kappa shape index (κ3) is 3.42. The maximum atomic E-state index is 12.2. The van der Waals surface area contributed by atoms with Crippen molar-refractivity contribution in [3.63, 3.8) is 0 Å². The Morgan fingerprint density at radius 3 is 2.65 bits per heavy atom. The molecule has 0 radical (unpaired) electrons. The van der Waals surface area contributed by atoms with Gasteiger partial charge in [-0.2, -0.15) is 0 Å². The van der Waals surface area contributed by atoms with E-state index in [9.17, 15) is 4.79 Å². The predicted molar refractivity (Wildman–Crippen MR) is 110 cm³/mol. The van der Waals surface area contributed by atoms with Crippen molar-refractivity contribution >= 4 is 16.5 Å². The number of hydrogen-bond donors (Lipinski definition) is 1. The fourth-order valence-electron chi connectivity index (χ4n) is 2.96. The molecule has 3 nitrogen and oxygen atoms in total. The van der Waals surface area contributed by atoms with E-state index in [0.29, 0.717) is 10.9 Å². The molecule has 0 aliphatic rings. The van der Waals surface area contributed by atoms with Crippen molar-refractivity contribution < 1.29 is 0 Å². The largest absolute Gasteiger partial charge is 0.328 e. The van der Waals surface area contributed by atoms with Crippen LogP contribution in [0.1, 0.15) is 25.0 Å². The molecule has 0 unspecified atom stereocenters. The number of fused-ring (bicyclic) bond motifs is 1. The highest BCUT2D eigenvalue weighted by Crippen LogP contribution is 2.30. The van der Waals surface area contributed by atoms with Gasteiger partial charge in [-0.1, -0.05) is 62.1 Å². The van der Waals surface area contributed by atoms with Gasteiger partial charge in [0.2, 0.25) is 0 Å². The van der Waals surface area contributed by atoms with Crippen molar-refractivity contribution in [3.8, 4) is 11.3 Å². The predicted octanol–water partition coefficient (Wildman–Crippen LogP) is 5.30. The molecule has 3 rings (SSSR count). The molecule has 2 heterocycles. The molecule has 0 aliphatic carbocycles. The monoisotopic (exact) mass is 342 g/mol. The molecule has 0 saturated carbocycles. The van der Waals surface area contributed by atoms with Gasteiger partial charge in [0.15, 0.2) is 0 Å². The van der Waals surface area contributed by atoms with Gasteiger partial charge in [0.1, 0.15) is 0 Å². The van der Waals surface area contributed by atoms with E-state index in [4.69, 9.17) is 4.98 Å². The molecule has 0 spiro atoms. The van der Waals surface area contributed by atoms with Gasteiger partial charge in [0, 0.05) is 17.3 Å². The minimum Gasteiger partial charge on any atom is -0.328 e. The Balaban J connectivity index is 2.30. The van der Waals surface area contributed by atoms with Crippen LogP contribution in [-0.4, -0.2) is 9.97 Å². The van der Waals surface area contributed by atoms with Crippen LogP contribution in [-0.2, 0) is 6.42 Å². The first-order chi connectivity index (χ1) is 12.7. The first kappa shape index (κ1) is 17.6. The Kier molecular flexibility index (Phi) is 5.28. The summed E-state index contributed by atoms with van der Waals surface area (Å²) in [4.78, 5) is 19.8. The summed E-state index contributed by atoms with van der Waals surface area (Å²) in [6.45, 7) is 7.86. The van der Waals surface area contributed by atoms with Crippen LogP contribution in [0.3, 0.4) is 0 Å². The number of rotatable bonds is 5. The van der Waals surface area contributed by atoms with Crippen LogP contribution >= 0.6 is 0 Å². The van der Waals surface area contributed by atoms with E-state index in [1.165, 1.54) is 5.56 Å². The van der Waals surface area contributed by atoms with Crippen molar-refractivity contribution in [3.05, 3.63) is 95.0 Å². The minimum absolute atomic E-state index is 0.132. The lowest BCUT2D eigenvalue weighted by atomic mass is 9.96. The Morgan fingerprint density at radius 1 is 1.23 bits per heavy atom. The number of aromatic nitrogens is 2. The molecule has 0 saturated heterocycles. The van der Waals surface area contributed by atoms with Gasteiger partial charge in [-0.05, 0) is 36.6 Å². The number of nitrogens with zero attached hydrogens (tertiary/aromatic N) is 1. The number of pyridine rings is 2. The highest BCUT2D eigenvalue weighted by Gasteiger charge is 2.13. The number of H-pyrrole nitrogens is 1. The number of nitrogens with one attached hydrogen (secondary N) is 1. The van der Waals surface area contributed by atoms with Crippen LogP contribution in [0.25, 0.3) is 27.7 Å². The summed E-state index contributed by atoms with van der Waals surface area (Å²) in [5, 5.41) is 0.586. The maximum Gasteiger partial charge on any atom is 0.257 e. The molecular weight excluding hydrogens is 320 g/mol. The van der Waals surface area contributed by atoms with Crippen LogP contribution in [0.15, 0.2) is 78.3 Å². The standard InChI is InChI=1S/C23H22N2O/c1-4-7-8-17(6-3)19-15-20-21(13-14-24-23(20)26)25-22(19)18-11-9-16(5-2)10-12-18/h4,6-15H,1,5H2,2-3H3,(H,24,26)/b8-7-,17-6+. The van der Waals surface area contributed by atoms with Gasteiger partial charge in [-0.15, -0.1) is 0 Å². The third-order valence-electron chi connectivity index (χ3n) is 4.42. The molecule has 0 amide bonds. The summed E-state index contributed by atoms with van der Waals surface area (Å²) < 4.78 is 0. The third-order valence-corrected chi connectivity index (χ3v) is 4.42. The zero-order valence-corrected chi connectivity index (χ0v) is 15.1. The number of benzene rings is 1. The highest BCUT2D eigenvalue weighted by atomic mass is 16.1. The van der Waals surface area contributed by atoms with E-state index in [1.54, 1.807) is 12.3 Å². The van der Waals surface area contributed by atoms with Gasteiger partial charge in [0.25, 0.3) is 5.56 Å². The molecule has 26 heavy (non-hydrogen) atoms. The lowest BCUT2D eigenvalue weighted by molar-refractivity contribution is 1.14. The number of hydrogen-bond acceptors (Lipinski definition) is 2. The molecule has 0 bridgehead atoms. The van der Waals surface area contributed by atoms with Crippen molar-refractivity contribution in [1.29, 1.82) is 0 Å². The van der Waals surface area contributed by atoms with Gasteiger partial charge in [0.05, 0.1) is 16.6 Å². The molecule has 0 atom stereocenters. The average molecular weight is 342 g/mol. The van der Waals surface area contributed by atoms with E-state index >= 15 is 0 Å². The van der Waals surface area contributed by atoms with Crippen molar-refractivity contribution in [1.82, 2.24) is 9.97 Å². The Hall–Kier alpha value is -3.20. The first-order valence-electron chi connectivity index (χ1n) is 8.75. The molecule has 130 valence electrons. The Morgan fingerprint density at radius 2 is 2.00 bits per heavy atom.